The lowest BCUT2D eigenvalue weighted by Crippen LogP contribution is -2.59. The fourth-order valence-electron chi connectivity index (χ4n) is 3.73. The number of aliphatic hydroxyl groups excluding tert-OH is 1. The van der Waals surface area contributed by atoms with Crippen LogP contribution in [0.5, 0.6) is 0 Å². The van der Waals surface area contributed by atoms with Crippen LogP contribution in [-0.4, -0.2) is 35.6 Å². The van der Waals surface area contributed by atoms with Gasteiger partial charge in [0.2, 0.25) is 0 Å². The maximum absolute atomic E-state index is 13.2. The molecule has 2 aromatic carbocycles. The molecule has 8 heteroatoms. The Hall–Kier alpha value is -1.81. The summed E-state index contributed by atoms with van der Waals surface area (Å²) in [6.07, 6.45) is -0.631. The molecular formula is C21H20Cl3N3O2. The summed E-state index contributed by atoms with van der Waals surface area (Å²) in [7, 11) is 0. The quantitative estimate of drug-likeness (QED) is 0.687. The Morgan fingerprint density at radius 2 is 2.03 bits per heavy atom. The third-order valence-electron chi connectivity index (χ3n) is 5.21. The molecule has 0 aromatic heterocycles. The van der Waals surface area contributed by atoms with Crippen LogP contribution in [0, 0.1) is 11.3 Å². The predicted molar refractivity (Wildman–Crippen MR) is 116 cm³/mol. The van der Waals surface area contributed by atoms with Crippen molar-refractivity contribution < 1.29 is 9.90 Å². The molecule has 0 radical (unpaired) electrons. The topological polar surface area (TPSA) is 76.4 Å². The van der Waals surface area contributed by atoms with Crippen molar-refractivity contribution in [3.63, 3.8) is 0 Å². The number of anilines is 1. The largest absolute Gasteiger partial charge is 0.386 e. The highest BCUT2D eigenvalue weighted by Crippen LogP contribution is 2.36. The number of hydrogen-bond donors (Lipinski definition) is 2. The smallest absolute Gasteiger partial charge is 0.187 e. The zero-order valence-electron chi connectivity index (χ0n) is 15.8. The van der Waals surface area contributed by atoms with Crippen molar-refractivity contribution in [3.05, 3.63) is 62.6 Å². The molecule has 1 fully saturated rings. The molecule has 0 bridgehead atoms. The van der Waals surface area contributed by atoms with Crippen molar-refractivity contribution in [2.75, 3.05) is 18.0 Å². The minimum absolute atomic E-state index is 0.280. The van der Waals surface area contributed by atoms with Gasteiger partial charge in [0.25, 0.3) is 0 Å². The maximum atomic E-state index is 13.2. The molecule has 0 saturated carbocycles. The average molecular weight is 453 g/mol. The lowest BCUT2D eigenvalue weighted by molar-refractivity contribution is -0.131. The number of hydrogen-bond acceptors (Lipinski definition) is 5. The van der Waals surface area contributed by atoms with Gasteiger partial charge >= 0.3 is 0 Å². The Morgan fingerprint density at radius 1 is 1.28 bits per heavy atom. The Kier molecular flexibility index (Phi) is 6.72. The molecule has 1 heterocycles. The van der Waals surface area contributed by atoms with Gasteiger partial charge in [0.1, 0.15) is 17.7 Å². The van der Waals surface area contributed by atoms with E-state index in [1.807, 2.05) is 11.0 Å². The first-order valence-corrected chi connectivity index (χ1v) is 10.3. The molecule has 0 amide bonds. The molecule has 0 spiro atoms. The minimum atomic E-state index is -1.14. The number of rotatable bonds is 6. The summed E-state index contributed by atoms with van der Waals surface area (Å²) in [5, 5.41) is 23.9. The summed E-state index contributed by atoms with van der Waals surface area (Å²) in [4.78, 5) is 15.1. The molecule has 29 heavy (non-hydrogen) atoms. The molecule has 2 N–H and O–H groups in total. The van der Waals surface area contributed by atoms with E-state index in [-0.39, 0.29) is 17.4 Å². The zero-order chi connectivity index (χ0) is 21.2. The number of carbonyl (C=O) groups excluding carboxylic acids is 1. The van der Waals surface area contributed by atoms with Gasteiger partial charge in [-0.05, 0) is 61.9 Å². The van der Waals surface area contributed by atoms with Crippen molar-refractivity contribution in [2.45, 2.75) is 31.5 Å². The third kappa shape index (κ3) is 4.37. The molecule has 1 aliphatic heterocycles. The number of halogens is 3. The van der Waals surface area contributed by atoms with E-state index < -0.39 is 11.6 Å². The maximum Gasteiger partial charge on any atom is 0.187 e. The van der Waals surface area contributed by atoms with Crippen molar-refractivity contribution in [3.8, 4) is 6.07 Å². The third-order valence-corrected chi connectivity index (χ3v) is 6.13. The molecule has 1 saturated heterocycles. The molecule has 5 nitrogen and oxygen atoms in total. The first-order valence-electron chi connectivity index (χ1n) is 9.13. The summed E-state index contributed by atoms with van der Waals surface area (Å²) in [6.45, 7) is 2.75. The van der Waals surface area contributed by atoms with E-state index in [4.69, 9.17) is 34.8 Å². The van der Waals surface area contributed by atoms with Gasteiger partial charge in [-0.2, -0.15) is 5.26 Å². The molecule has 1 aliphatic rings. The van der Waals surface area contributed by atoms with E-state index in [0.717, 1.165) is 5.56 Å². The number of nitrogens with zero attached hydrogens (tertiary/aromatic N) is 2. The van der Waals surface area contributed by atoms with Gasteiger partial charge in [-0.3, -0.25) is 4.79 Å². The lowest BCUT2D eigenvalue weighted by Gasteiger charge is -2.42. The normalized spacial score (nSPS) is 19.6. The Bertz CT molecular complexity index is 966. The Morgan fingerprint density at radius 3 is 2.62 bits per heavy atom. The van der Waals surface area contributed by atoms with Crippen LogP contribution in [-0.2, 0) is 11.3 Å². The monoisotopic (exact) mass is 451 g/mol. The predicted octanol–water partition coefficient (Wildman–Crippen LogP) is 4.21. The summed E-state index contributed by atoms with van der Waals surface area (Å²) in [5.41, 5.74) is 0.751. The minimum Gasteiger partial charge on any atom is -0.386 e. The van der Waals surface area contributed by atoms with Crippen molar-refractivity contribution in [1.82, 2.24) is 5.32 Å². The van der Waals surface area contributed by atoms with Crippen LogP contribution in [0.3, 0.4) is 0 Å². The Labute approximate surface area is 184 Å². The number of carbonyl (C=O) groups is 1. The second-order valence-electron chi connectivity index (χ2n) is 7.10. The SMILES string of the molecule is C[C@H](O)C(=O)[C@]1(N(Cc2cc(Cl)ccc2Cl)c2ccc(C#N)c(Cl)c2)CCNC1. The standard InChI is InChI=1S/C21H20Cl3N3O2/c1-13(28)20(29)21(6-7-26-12-21)27(11-15-8-16(22)3-5-18(15)23)17-4-2-14(10-25)19(24)9-17/h2-5,8-9,13,26,28H,6-7,11-12H2,1H3/t13-,21-/m0/s1. The van der Waals surface area contributed by atoms with Gasteiger partial charge in [-0.25, -0.2) is 0 Å². The molecule has 2 aromatic rings. The van der Waals surface area contributed by atoms with Crippen LogP contribution < -0.4 is 10.2 Å². The van der Waals surface area contributed by atoms with Crippen LogP contribution in [0.15, 0.2) is 36.4 Å². The van der Waals surface area contributed by atoms with Gasteiger partial charge in [-0.1, -0.05) is 34.8 Å². The number of nitrogens with one attached hydrogen (secondary N) is 1. The van der Waals surface area contributed by atoms with E-state index in [1.54, 1.807) is 36.4 Å². The molecule has 0 aliphatic carbocycles. The van der Waals surface area contributed by atoms with Crippen LogP contribution in [0.25, 0.3) is 0 Å². The highest BCUT2D eigenvalue weighted by molar-refractivity contribution is 6.33. The molecule has 152 valence electrons. The second kappa shape index (κ2) is 8.91. The van der Waals surface area contributed by atoms with Gasteiger partial charge in [0, 0.05) is 28.8 Å². The van der Waals surface area contributed by atoms with E-state index in [9.17, 15) is 15.2 Å². The number of Topliss-reactive ketones (excluding diaryl/α,β-unsaturated/α-hetero) is 1. The van der Waals surface area contributed by atoms with Crippen LogP contribution in [0.1, 0.15) is 24.5 Å². The fourth-order valence-corrected chi connectivity index (χ4v) is 4.32. The van der Waals surface area contributed by atoms with Crippen LogP contribution in [0.4, 0.5) is 5.69 Å². The van der Waals surface area contributed by atoms with E-state index in [0.29, 0.717) is 40.8 Å². The molecule has 2 atom stereocenters. The number of benzene rings is 2. The van der Waals surface area contributed by atoms with Gasteiger partial charge in [0.05, 0.1) is 10.6 Å². The van der Waals surface area contributed by atoms with Gasteiger partial charge in [0.15, 0.2) is 5.78 Å². The number of nitriles is 1. The molecule has 0 unspecified atom stereocenters. The van der Waals surface area contributed by atoms with Gasteiger partial charge < -0.3 is 15.3 Å². The average Bonchev–Trinajstić information content (AvgIpc) is 3.18. The van der Waals surface area contributed by atoms with Crippen molar-refractivity contribution in [1.29, 1.82) is 5.26 Å². The highest BCUT2D eigenvalue weighted by atomic mass is 35.5. The van der Waals surface area contributed by atoms with Crippen LogP contribution >= 0.6 is 34.8 Å². The number of aliphatic hydroxyl groups is 1. The summed E-state index contributed by atoms with van der Waals surface area (Å²) < 4.78 is 0. The second-order valence-corrected chi connectivity index (χ2v) is 8.35. The van der Waals surface area contributed by atoms with E-state index in [1.165, 1.54) is 6.92 Å². The molecule has 3 rings (SSSR count). The summed E-state index contributed by atoms with van der Waals surface area (Å²) in [5.74, 6) is -0.291. The zero-order valence-corrected chi connectivity index (χ0v) is 18.0. The van der Waals surface area contributed by atoms with E-state index >= 15 is 0 Å². The van der Waals surface area contributed by atoms with Crippen molar-refractivity contribution >= 4 is 46.3 Å². The summed E-state index contributed by atoms with van der Waals surface area (Å²) >= 11 is 18.8. The lowest BCUT2D eigenvalue weighted by atomic mass is 9.86. The highest BCUT2D eigenvalue weighted by Gasteiger charge is 2.48. The Balaban J connectivity index is 2.15. The first-order chi connectivity index (χ1) is 13.8. The van der Waals surface area contributed by atoms with Gasteiger partial charge in [-0.15, -0.1) is 0 Å². The van der Waals surface area contributed by atoms with Crippen LogP contribution in [0.2, 0.25) is 15.1 Å². The molecular weight excluding hydrogens is 433 g/mol. The summed E-state index contributed by atoms with van der Waals surface area (Å²) in [6, 6.07) is 12.2. The fraction of sp³-hybridized carbons (Fsp3) is 0.333. The van der Waals surface area contributed by atoms with E-state index in [2.05, 4.69) is 5.32 Å². The first kappa shape index (κ1) is 21.9. The van der Waals surface area contributed by atoms with Crippen molar-refractivity contribution in [2.24, 2.45) is 0 Å². The number of ketones is 1.